The second-order valence-electron chi connectivity index (χ2n) is 7.15. The monoisotopic (exact) mass is 295 g/mol. The van der Waals surface area contributed by atoms with Gasteiger partial charge in [0.25, 0.3) is 0 Å². The SMILES string of the molecule is CCNCC1CCC(C)(C)CC1Cc1cccc(F)c1F. The summed E-state index contributed by atoms with van der Waals surface area (Å²) in [6.45, 7) is 8.61. The molecule has 0 bridgehead atoms. The van der Waals surface area contributed by atoms with Crippen LogP contribution in [-0.2, 0) is 6.42 Å². The van der Waals surface area contributed by atoms with E-state index in [0.29, 0.717) is 29.2 Å². The van der Waals surface area contributed by atoms with E-state index in [1.54, 1.807) is 12.1 Å². The van der Waals surface area contributed by atoms with E-state index >= 15 is 0 Å². The molecule has 1 aromatic carbocycles. The summed E-state index contributed by atoms with van der Waals surface area (Å²) in [7, 11) is 0. The minimum atomic E-state index is -0.731. The zero-order valence-electron chi connectivity index (χ0n) is 13.4. The fourth-order valence-corrected chi connectivity index (χ4v) is 3.62. The van der Waals surface area contributed by atoms with Crippen LogP contribution in [0.5, 0.6) is 0 Å². The summed E-state index contributed by atoms with van der Waals surface area (Å²) < 4.78 is 27.3. The summed E-state index contributed by atoms with van der Waals surface area (Å²) in [5.74, 6) is -0.418. The van der Waals surface area contributed by atoms with Gasteiger partial charge in [0.15, 0.2) is 11.6 Å². The quantitative estimate of drug-likeness (QED) is 0.839. The highest BCUT2D eigenvalue weighted by atomic mass is 19.2. The third kappa shape index (κ3) is 4.26. The van der Waals surface area contributed by atoms with Gasteiger partial charge in [-0.25, -0.2) is 8.78 Å². The molecule has 0 spiro atoms. The molecule has 0 heterocycles. The molecule has 1 fully saturated rings. The van der Waals surface area contributed by atoms with Crippen molar-refractivity contribution in [3.63, 3.8) is 0 Å². The van der Waals surface area contributed by atoms with Gasteiger partial charge >= 0.3 is 0 Å². The molecule has 21 heavy (non-hydrogen) atoms. The van der Waals surface area contributed by atoms with Gasteiger partial charge in [-0.3, -0.25) is 0 Å². The smallest absolute Gasteiger partial charge is 0.162 e. The number of halogens is 2. The van der Waals surface area contributed by atoms with E-state index in [9.17, 15) is 8.78 Å². The molecule has 1 aliphatic carbocycles. The number of hydrogen-bond donors (Lipinski definition) is 1. The topological polar surface area (TPSA) is 12.0 Å². The van der Waals surface area contributed by atoms with E-state index in [1.165, 1.54) is 18.9 Å². The van der Waals surface area contributed by atoms with Crippen LogP contribution >= 0.6 is 0 Å². The second kappa shape index (κ2) is 6.87. The molecule has 2 unspecified atom stereocenters. The number of benzene rings is 1. The molecule has 0 aromatic heterocycles. The van der Waals surface area contributed by atoms with Gasteiger partial charge in [-0.2, -0.15) is 0 Å². The summed E-state index contributed by atoms with van der Waals surface area (Å²) in [5.41, 5.74) is 0.830. The Bertz CT molecular complexity index is 470. The summed E-state index contributed by atoms with van der Waals surface area (Å²) in [4.78, 5) is 0. The molecule has 1 saturated carbocycles. The fourth-order valence-electron chi connectivity index (χ4n) is 3.62. The van der Waals surface area contributed by atoms with Crippen molar-refractivity contribution in [1.82, 2.24) is 5.32 Å². The van der Waals surface area contributed by atoms with Crippen LogP contribution < -0.4 is 5.32 Å². The van der Waals surface area contributed by atoms with Crippen LogP contribution in [0.25, 0.3) is 0 Å². The lowest BCUT2D eigenvalue weighted by Crippen LogP contribution is -2.37. The average molecular weight is 295 g/mol. The van der Waals surface area contributed by atoms with Crippen LogP contribution in [-0.4, -0.2) is 13.1 Å². The van der Waals surface area contributed by atoms with Crippen molar-refractivity contribution in [2.45, 2.75) is 46.5 Å². The molecule has 118 valence electrons. The Morgan fingerprint density at radius 3 is 2.71 bits per heavy atom. The van der Waals surface area contributed by atoms with E-state index in [4.69, 9.17) is 0 Å². The van der Waals surface area contributed by atoms with Crippen molar-refractivity contribution >= 4 is 0 Å². The van der Waals surface area contributed by atoms with Crippen LogP contribution in [0.1, 0.15) is 45.6 Å². The van der Waals surface area contributed by atoms with E-state index in [-0.39, 0.29) is 0 Å². The Kier molecular flexibility index (Phi) is 5.37. The van der Waals surface area contributed by atoms with Crippen molar-refractivity contribution in [3.8, 4) is 0 Å². The Morgan fingerprint density at radius 2 is 2.00 bits per heavy atom. The van der Waals surface area contributed by atoms with Crippen LogP contribution in [0.2, 0.25) is 0 Å². The lowest BCUT2D eigenvalue weighted by atomic mass is 9.65. The van der Waals surface area contributed by atoms with Crippen LogP contribution in [0.4, 0.5) is 8.78 Å². The van der Waals surface area contributed by atoms with Crippen molar-refractivity contribution < 1.29 is 8.78 Å². The molecule has 2 atom stereocenters. The first-order valence-electron chi connectivity index (χ1n) is 8.06. The van der Waals surface area contributed by atoms with E-state index in [1.807, 2.05) is 0 Å². The maximum absolute atomic E-state index is 13.9. The largest absolute Gasteiger partial charge is 0.317 e. The molecule has 1 nitrogen and oxygen atoms in total. The van der Waals surface area contributed by atoms with Gasteiger partial charge in [0, 0.05) is 0 Å². The molecule has 2 rings (SSSR count). The van der Waals surface area contributed by atoms with Crippen molar-refractivity contribution in [1.29, 1.82) is 0 Å². The molecule has 1 aliphatic rings. The van der Waals surface area contributed by atoms with Crippen molar-refractivity contribution in [2.75, 3.05) is 13.1 Å². The maximum atomic E-state index is 13.9. The number of hydrogen-bond acceptors (Lipinski definition) is 1. The molecule has 0 saturated heterocycles. The summed E-state index contributed by atoms with van der Waals surface area (Å²) in [6, 6.07) is 4.53. The zero-order valence-corrected chi connectivity index (χ0v) is 13.4. The van der Waals surface area contributed by atoms with Gasteiger partial charge in [0.05, 0.1) is 0 Å². The Balaban J connectivity index is 2.13. The lowest BCUT2D eigenvalue weighted by molar-refractivity contribution is 0.115. The fraction of sp³-hybridized carbons (Fsp3) is 0.667. The number of nitrogens with one attached hydrogen (secondary N) is 1. The first kappa shape index (κ1) is 16.4. The van der Waals surface area contributed by atoms with Gasteiger partial charge in [-0.1, -0.05) is 32.9 Å². The van der Waals surface area contributed by atoms with Crippen LogP contribution in [0, 0.1) is 28.9 Å². The first-order chi connectivity index (χ1) is 9.93. The zero-order chi connectivity index (χ0) is 15.5. The summed E-state index contributed by atoms with van der Waals surface area (Å²) >= 11 is 0. The van der Waals surface area contributed by atoms with Gasteiger partial charge < -0.3 is 5.32 Å². The lowest BCUT2D eigenvalue weighted by Gasteiger charge is -2.41. The third-order valence-electron chi connectivity index (χ3n) is 4.84. The van der Waals surface area contributed by atoms with Gasteiger partial charge in [-0.15, -0.1) is 0 Å². The standard InChI is InChI=1S/C18H27F2N/c1-4-21-12-14-8-9-18(2,3)11-15(14)10-13-6-5-7-16(19)17(13)20/h5-7,14-15,21H,4,8-12H2,1-3H3. The summed E-state index contributed by atoms with van der Waals surface area (Å²) in [5, 5.41) is 3.42. The number of rotatable bonds is 5. The van der Waals surface area contributed by atoms with Crippen molar-refractivity contribution in [2.24, 2.45) is 17.3 Å². The third-order valence-corrected chi connectivity index (χ3v) is 4.84. The van der Waals surface area contributed by atoms with Crippen molar-refractivity contribution in [3.05, 3.63) is 35.4 Å². The minimum absolute atomic E-state index is 0.303. The molecular formula is C18H27F2N. The molecule has 0 radical (unpaired) electrons. The predicted octanol–water partition coefficient (Wildman–Crippen LogP) is 4.56. The second-order valence-corrected chi connectivity index (χ2v) is 7.15. The predicted molar refractivity (Wildman–Crippen MR) is 83.2 cm³/mol. The van der Waals surface area contributed by atoms with Crippen LogP contribution in [0.15, 0.2) is 18.2 Å². The molecule has 0 aliphatic heterocycles. The van der Waals surface area contributed by atoms with Gasteiger partial charge in [0.2, 0.25) is 0 Å². The molecule has 1 N–H and O–H groups in total. The molecular weight excluding hydrogens is 268 g/mol. The summed E-state index contributed by atoms with van der Waals surface area (Å²) in [6.07, 6.45) is 4.11. The Labute approximate surface area is 127 Å². The first-order valence-corrected chi connectivity index (χ1v) is 8.06. The average Bonchev–Trinajstić information content (AvgIpc) is 2.42. The normalized spacial score (nSPS) is 25.0. The van der Waals surface area contributed by atoms with Gasteiger partial charge in [-0.05, 0) is 67.7 Å². The van der Waals surface area contributed by atoms with E-state index in [0.717, 1.165) is 19.5 Å². The highest BCUT2D eigenvalue weighted by molar-refractivity contribution is 5.20. The molecule has 1 aromatic rings. The van der Waals surface area contributed by atoms with Crippen LogP contribution in [0.3, 0.4) is 0 Å². The molecule has 3 heteroatoms. The molecule has 0 amide bonds. The highest BCUT2D eigenvalue weighted by Crippen LogP contribution is 2.43. The Morgan fingerprint density at radius 1 is 1.24 bits per heavy atom. The van der Waals surface area contributed by atoms with E-state index < -0.39 is 11.6 Å². The van der Waals surface area contributed by atoms with E-state index in [2.05, 4.69) is 26.1 Å². The minimum Gasteiger partial charge on any atom is -0.317 e. The maximum Gasteiger partial charge on any atom is 0.162 e. The highest BCUT2D eigenvalue weighted by Gasteiger charge is 2.35. The van der Waals surface area contributed by atoms with Gasteiger partial charge in [0.1, 0.15) is 0 Å². The Hall–Kier alpha value is -0.960.